The lowest BCUT2D eigenvalue weighted by Crippen LogP contribution is -2.40. The lowest BCUT2D eigenvalue weighted by atomic mass is 9.91. The molecule has 0 saturated heterocycles. The quantitative estimate of drug-likeness (QED) is 0.675. The second kappa shape index (κ2) is 3.48. The average molecular weight is 176 g/mol. The zero-order chi connectivity index (χ0) is 9.26. The van der Waals surface area contributed by atoms with Crippen LogP contribution in [-0.2, 0) is 6.42 Å². The number of hydrogen-bond donors (Lipinski definition) is 2. The van der Waals surface area contributed by atoms with Gasteiger partial charge < -0.3 is 11.1 Å². The van der Waals surface area contributed by atoms with E-state index in [1.54, 1.807) is 0 Å². The fraction of sp³-hybridized carbons (Fsp3) is 0.455. The van der Waals surface area contributed by atoms with Gasteiger partial charge in [-0.3, -0.25) is 0 Å². The minimum absolute atomic E-state index is 0.347. The zero-order valence-corrected chi connectivity index (χ0v) is 7.96. The largest absolute Gasteiger partial charge is 0.329 e. The molecule has 2 atom stereocenters. The second-order valence-electron chi connectivity index (χ2n) is 3.76. The fourth-order valence-corrected chi connectivity index (χ4v) is 2.08. The van der Waals surface area contributed by atoms with Crippen molar-refractivity contribution in [3.05, 3.63) is 35.4 Å². The van der Waals surface area contributed by atoms with E-state index in [1.807, 2.05) is 0 Å². The van der Waals surface area contributed by atoms with E-state index in [0.29, 0.717) is 18.6 Å². The summed E-state index contributed by atoms with van der Waals surface area (Å²) in [6.45, 7) is 2.89. The Morgan fingerprint density at radius 2 is 2.23 bits per heavy atom. The van der Waals surface area contributed by atoms with Crippen LogP contribution in [0.5, 0.6) is 0 Å². The van der Waals surface area contributed by atoms with E-state index in [9.17, 15) is 0 Å². The van der Waals surface area contributed by atoms with E-state index in [2.05, 4.69) is 36.5 Å². The lowest BCUT2D eigenvalue weighted by molar-refractivity contribution is 0.428. The topological polar surface area (TPSA) is 38.0 Å². The highest BCUT2D eigenvalue weighted by molar-refractivity contribution is 5.33. The molecule has 0 unspecified atom stereocenters. The van der Waals surface area contributed by atoms with Gasteiger partial charge in [0.1, 0.15) is 0 Å². The van der Waals surface area contributed by atoms with Crippen LogP contribution in [0.15, 0.2) is 24.3 Å². The van der Waals surface area contributed by atoms with Gasteiger partial charge in [-0.1, -0.05) is 24.3 Å². The number of nitrogens with one attached hydrogen (secondary N) is 1. The van der Waals surface area contributed by atoms with Crippen molar-refractivity contribution in [3.63, 3.8) is 0 Å². The molecule has 0 radical (unpaired) electrons. The van der Waals surface area contributed by atoms with Gasteiger partial charge in [0.25, 0.3) is 0 Å². The Balaban J connectivity index is 2.37. The summed E-state index contributed by atoms with van der Waals surface area (Å²) >= 11 is 0. The summed E-state index contributed by atoms with van der Waals surface area (Å²) in [6.07, 6.45) is 1.12. The third kappa shape index (κ3) is 1.60. The highest BCUT2D eigenvalue weighted by Crippen LogP contribution is 2.23. The first kappa shape index (κ1) is 8.73. The molecule has 1 aliphatic rings. The van der Waals surface area contributed by atoms with Gasteiger partial charge in [-0.15, -0.1) is 0 Å². The third-order valence-electron chi connectivity index (χ3n) is 2.68. The Morgan fingerprint density at radius 1 is 1.46 bits per heavy atom. The normalized spacial score (nSPS) is 26.9. The van der Waals surface area contributed by atoms with Crippen molar-refractivity contribution < 1.29 is 0 Å². The molecule has 2 rings (SSSR count). The molecule has 0 fully saturated rings. The molecular formula is C11H16N2. The maximum absolute atomic E-state index is 5.72. The van der Waals surface area contributed by atoms with E-state index in [-0.39, 0.29) is 0 Å². The Kier molecular flexibility index (Phi) is 2.34. The van der Waals surface area contributed by atoms with E-state index < -0.39 is 0 Å². The molecule has 0 spiro atoms. The van der Waals surface area contributed by atoms with Crippen molar-refractivity contribution in [3.8, 4) is 0 Å². The van der Waals surface area contributed by atoms with Gasteiger partial charge in [0.2, 0.25) is 0 Å². The van der Waals surface area contributed by atoms with Crippen LogP contribution >= 0.6 is 0 Å². The molecule has 3 N–H and O–H groups in total. The van der Waals surface area contributed by atoms with Crippen molar-refractivity contribution in [2.45, 2.75) is 25.4 Å². The van der Waals surface area contributed by atoms with E-state index in [1.165, 1.54) is 11.1 Å². The molecule has 0 amide bonds. The van der Waals surface area contributed by atoms with Crippen LogP contribution in [0, 0.1) is 0 Å². The summed E-state index contributed by atoms with van der Waals surface area (Å²) < 4.78 is 0. The molecule has 1 aromatic carbocycles. The molecule has 0 aliphatic carbocycles. The molecule has 0 bridgehead atoms. The maximum Gasteiger partial charge on any atom is 0.0449 e. The summed E-state index contributed by atoms with van der Waals surface area (Å²) in [5, 5.41) is 3.50. The van der Waals surface area contributed by atoms with Gasteiger partial charge >= 0.3 is 0 Å². The summed E-state index contributed by atoms with van der Waals surface area (Å²) in [6, 6.07) is 9.45. The zero-order valence-electron chi connectivity index (χ0n) is 7.96. The van der Waals surface area contributed by atoms with Crippen LogP contribution in [0.1, 0.15) is 24.1 Å². The van der Waals surface area contributed by atoms with Crippen LogP contribution < -0.4 is 11.1 Å². The predicted molar refractivity (Wildman–Crippen MR) is 54.5 cm³/mol. The highest BCUT2D eigenvalue weighted by atomic mass is 15.0. The average Bonchev–Trinajstić information content (AvgIpc) is 2.16. The van der Waals surface area contributed by atoms with Gasteiger partial charge in [0.05, 0.1) is 0 Å². The standard InChI is InChI=1S/C11H16N2/c1-8-6-9-4-2-3-5-10(9)11(7-12)13-8/h2-5,8,11,13H,6-7,12H2,1H3/t8-,11-/m0/s1. The van der Waals surface area contributed by atoms with Crippen LogP contribution in [0.25, 0.3) is 0 Å². The van der Waals surface area contributed by atoms with E-state index in [0.717, 1.165) is 6.42 Å². The number of benzene rings is 1. The number of rotatable bonds is 1. The first-order valence-corrected chi connectivity index (χ1v) is 4.85. The molecular weight excluding hydrogens is 160 g/mol. The summed E-state index contributed by atoms with van der Waals surface area (Å²) in [7, 11) is 0. The van der Waals surface area contributed by atoms with Crippen LogP contribution in [0.2, 0.25) is 0 Å². The first-order chi connectivity index (χ1) is 6.31. The van der Waals surface area contributed by atoms with Gasteiger partial charge in [-0.25, -0.2) is 0 Å². The minimum atomic E-state index is 0.347. The molecule has 0 aromatic heterocycles. The Hall–Kier alpha value is -0.860. The van der Waals surface area contributed by atoms with Crippen molar-refractivity contribution in [1.29, 1.82) is 0 Å². The van der Waals surface area contributed by atoms with Crippen LogP contribution in [-0.4, -0.2) is 12.6 Å². The molecule has 2 nitrogen and oxygen atoms in total. The SMILES string of the molecule is C[C@H]1Cc2ccccc2[C@H](CN)N1. The van der Waals surface area contributed by atoms with Crippen molar-refractivity contribution >= 4 is 0 Å². The Bertz CT molecular complexity index is 296. The number of nitrogens with two attached hydrogens (primary N) is 1. The molecule has 1 aliphatic heterocycles. The second-order valence-corrected chi connectivity index (χ2v) is 3.76. The van der Waals surface area contributed by atoms with Gasteiger partial charge in [0, 0.05) is 18.6 Å². The molecule has 13 heavy (non-hydrogen) atoms. The summed E-state index contributed by atoms with van der Waals surface area (Å²) in [5.74, 6) is 0. The minimum Gasteiger partial charge on any atom is -0.329 e. The summed E-state index contributed by atoms with van der Waals surface area (Å²) in [4.78, 5) is 0. The monoisotopic (exact) mass is 176 g/mol. The van der Waals surface area contributed by atoms with E-state index >= 15 is 0 Å². The van der Waals surface area contributed by atoms with Gasteiger partial charge in [0.15, 0.2) is 0 Å². The first-order valence-electron chi connectivity index (χ1n) is 4.85. The predicted octanol–water partition coefficient (Wildman–Crippen LogP) is 1.22. The fourth-order valence-electron chi connectivity index (χ4n) is 2.08. The van der Waals surface area contributed by atoms with Gasteiger partial charge in [-0.2, -0.15) is 0 Å². The Morgan fingerprint density at radius 3 is 3.00 bits per heavy atom. The van der Waals surface area contributed by atoms with Crippen molar-refractivity contribution in [2.75, 3.05) is 6.54 Å². The lowest BCUT2D eigenvalue weighted by Gasteiger charge is -2.30. The molecule has 1 aromatic rings. The smallest absolute Gasteiger partial charge is 0.0449 e. The van der Waals surface area contributed by atoms with Crippen LogP contribution in [0.4, 0.5) is 0 Å². The molecule has 1 heterocycles. The molecule has 2 heteroatoms. The van der Waals surface area contributed by atoms with Crippen LogP contribution in [0.3, 0.4) is 0 Å². The third-order valence-corrected chi connectivity index (χ3v) is 2.68. The van der Waals surface area contributed by atoms with Crippen molar-refractivity contribution in [2.24, 2.45) is 5.73 Å². The number of fused-ring (bicyclic) bond motifs is 1. The highest BCUT2D eigenvalue weighted by Gasteiger charge is 2.21. The van der Waals surface area contributed by atoms with Crippen molar-refractivity contribution in [1.82, 2.24) is 5.32 Å². The summed E-state index contributed by atoms with van der Waals surface area (Å²) in [5.41, 5.74) is 8.54. The number of hydrogen-bond acceptors (Lipinski definition) is 2. The maximum atomic E-state index is 5.72. The van der Waals surface area contributed by atoms with E-state index in [4.69, 9.17) is 5.73 Å². The Labute approximate surface area is 79.1 Å². The van der Waals surface area contributed by atoms with Gasteiger partial charge in [-0.05, 0) is 24.5 Å². The molecule has 70 valence electrons. The molecule has 0 saturated carbocycles.